The summed E-state index contributed by atoms with van der Waals surface area (Å²) in [5.41, 5.74) is 5.45. The monoisotopic (exact) mass is 254 g/mol. The molecule has 2 unspecified atom stereocenters. The second-order valence-electron chi connectivity index (χ2n) is 4.60. The first kappa shape index (κ1) is 14.2. The Labute approximate surface area is 107 Å². The van der Waals surface area contributed by atoms with Crippen molar-refractivity contribution in [3.63, 3.8) is 0 Å². The highest BCUT2D eigenvalue weighted by molar-refractivity contribution is 7.11. The molecule has 96 valence electrons. The summed E-state index contributed by atoms with van der Waals surface area (Å²) in [6.45, 7) is 6.63. The molecule has 17 heavy (non-hydrogen) atoms. The molecule has 2 atom stereocenters. The molecule has 0 bridgehead atoms. The van der Waals surface area contributed by atoms with Crippen LogP contribution in [0.25, 0.3) is 0 Å². The average molecular weight is 254 g/mol. The molecule has 0 saturated heterocycles. The predicted molar refractivity (Wildman–Crippen MR) is 73.2 cm³/mol. The van der Waals surface area contributed by atoms with Gasteiger partial charge in [0, 0.05) is 28.1 Å². The Kier molecular flexibility index (Phi) is 5.65. The lowest BCUT2D eigenvalue weighted by Gasteiger charge is -2.16. The van der Waals surface area contributed by atoms with Gasteiger partial charge in [-0.15, -0.1) is 11.3 Å². The van der Waals surface area contributed by atoms with Crippen molar-refractivity contribution in [2.75, 3.05) is 6.54 Å². The average Bonchev–Trinajstić information content (AvgIpc) is 2.64. The molecule has 1 heterocycles. The summed E-state index contributed by atoms with van der Waals surface area (Å²) in [4.78, 5) is 14.4. The molecule has 4 heteroatoms. The molecule has 1 rings (SSSR count). The Hall–Kier alpha value is -0.870. The number of amides is 1. The van der Waals surface area contributed by atoms with Crippen molar-refractivity contribution in [3.05, 3.63) is 21.9 Å². The zero-order valence-electron chi connectivity index (χ0n) is 10.8. The van der Waals surface area contributed by atoms with Gasteiger partial charge in [-0.1, -0.05) is 6.92 Å². The van der Waals surface area contributed by atoms with Gasteiger partial charge < -0.3 is 11.1 Å². The van der Waals surface area contributed by atoms with Crippen molar-refractivity contribution in [3.8, 4) is 0 Å². The number of thiophene rings is 1. The van der Waals surface area contributed by atoms with E-state index in [-0.39, 0.29) is 17.9 Å². The molecular weight excluding hydrogens is 232 g/mol. The maximum Gasteiger partial charge on any atom is 0.223 e. The number of nitrogens with two attached hydrogens (primary N) is 1. The zero-order valence-corrected chi connectivity index (χ0v) is 11.6. The second-order valence-corrected chi connectivity index (χ2v) is 5.98. The van der Waals surface area contributed by atoms with Crippen LogP contribution < -0.4 is 11.1 Å². The number of carbonyl (C=O) groups excluding carboxylic acids is 1. The van der Waals surface area contributed by atoms with Crippen molar-refractivity contribution in [2.24, 2.45) is 11.7 Å². The molecule has 0 radical (unpaired) electrons. The van der Waals surface area contributed by atoms with Gasteiger partial charge in [-0.25, -0.2) is 0 Å². The maximum absolute atomic E-state index is 11.8. The van der Waals surface area contributed by atoms with Crippen molar-refractivity contribution in [1.29, 1.82) is 0 Å². The van der Waals surface area contributed by atoms with E-state index in [1.807, 2.05) is 13.8 Å². The summed E-state index contributed by atoms with van der Waals surface area (Å²) in [5.74, 6) is 0.115. The van der Waals surface area contributed by atoms with Crippen LogP contribution in [0, 0.1) is 12.8 Å². The lowest BCUT2D eigenvalue weighted by atomic mass is 10.1. The van der Waals surface area contributed by atoms with Crippen LogP contribution in [-0.2, 0) is 11.2 Å². The van der Waals surface area contributed by atoms with Crippen molar-refractivity contribution in [1.82, 2.24) is 5.32 Å². The third kappa shape index (κ3) is 4.88. The van der Waals surface area contributed by atoms with E-state index in [0.29, 0.717) is 6.54 Å². The first-order valence-corrected chi connectivity index (χ1v) is 6.90. The van der Waals surface area contributed by atoms with Crippen molar-refractivity contribution < 1.29 is 4.79 Å². The van der Waals surface area contributed by atoms with Gasteiger partial charge in [-0.3, -0.25) is 4.79 Å². The zero-order chi connectivity index (χ0) is 12.8. The van der Waals surface area contributed by atoms with E-state index in [2.05, 4.69) is 24.4 Å². The van der Waals surface area contributed by atoms with Crippen LogP contribution in [0.5, 0.6) is 0 Å². The Morgan fingerprint density at radius 3 is 2.71 bits per heavy atom. The Bertz CT molecular complexity index is 362. The highest BCUT2D eigenvalue weighted by Crippen LogP contribution is 2.16. The van der Waals surface area contributed by atoms with E-state index in [0.717, 1.165) is 12.8 Å². The fraction of sp³-hybridized carbons (Fsp3) is 0.615. The van der Waals surface area contributed by atoms with Gasteiger partial charge in [0.2, 0.25) is 5.91 Å². The van der Waals surface area contributed by atoms with Crippen LogP contribution >= 0.6 is 11.3 Å². The van der Waals surface area contributed by atoms with E-state index in [4.69, 9.17) is 5.73 Å². The van der Waals surface area contributed by atoms with Crippen molar-refractivity contribution in [2.45, 2.75) is 39.7 Å². The van der Waals surface area contributed by atoms with Gasteiger partial charge in [0.1, 0.15) is 0 Å². The summed E-state index contributed by atoms with van der Waals surface area (Å²) < 4.78 is 0. The van der Waals surface area contributed by atoms with Crippen molar-refractivity contribution >= 4 is 17.2 Å². The highest BCUT2D eigenvalue weighted by Gasteiger charge is 2.14. The second kappa shape index (κ2) is 6.77. The lowest BCUT2D eigenvalue weighted by Crippen LogP contribution is -2.38. The number of carbonyl (C=O) groups is 1. The third-order valence-electron chi connectivity index (χ3n) is 2.74. The summed E-state index contributed by atoms with van der Waals surface area (Å²) in [6.07, 6.45) is 1.65. The minimum atomic E-state index is 0.00696. The highest BCUT2D eigenvalue weighted by atomic mass is 32.1. The molecule has 3 N–H and O–H groups in total. The van der Waals surface area contributed by atoms with E-state index in [1.54, 1.807) is 11.3 Å². The molecular formula is C13H22N2OS. The molecule has 0 aliphatic carbocycles. The van der Waals surface area contributed by atoms with E-state index >= 15 is 0 Å². The molecule has 0 saturated carbocycles. The Balaban J connectivity index is 2.38. The minimum absolute atomic E-state index is 0.00696. The molecule has 1 amide bonds. The van der Waals surface area contributed by atoms with E-state index in [1.165, 1.54) is 9.75 Å². The SMILES string of the molecule is Cc1ccc(CC(C)NC(=O)C(C)CCN)s1. The molecule has 0 spiro atoms. The van der Waals surface area contributed by atoms with Gasteiger partial charge in [-0.05, 0) is 38.9 Å². The fourth-order valence-electron chi connectivity index (χ4n) is 1.71. The quantitative estimate of drug-likeness (QED) is 0.816. The predicted octanol–water partition coefficient (Wildman–Crippen LogP) is 2.09. The van der Waals surface area contributed by atoms with Gasteiger partial charge >= 0.3 is 0 Å². The van der Waals surface area contributed by atoms with E-state index < -0.39 is 0 Å². The van der Waals surface area contributed by atoms with Gasteiger partial charge in [-0.2, -0.15) is 0 Å². The Morgan fingerprint density at radius 1 is 1.47 bits per heavy atom. The molecule has 0 aliphatic rings. The van der Waals surface area contributed by atoms with Crippen LogP contribution in [0.3, 0.4) is 0 Å². The standard InChI is InChI=1S/C13H22N2OS/c1-9(6-7-14)13(16)15-10(2)8-12-5-4-11(3)17-12/h4-5,9-10H,6-8,14H2,1-3H3,(H,15,16). The molecule has 0 aromatic carbocycles. The summed E-state index contributed by atoms with van der Waals surface area (Å²) in [6, 6.07) is 4.43. The minimum Gasteiger partial charge on any atom is -0.353 e. The summed E-state index contributed by atoms with van der Waals surface area (Å²) >= 11 is 1.79. The molecule has 1 aromatic heterocycles. The third-order valence-corrected chi connectivity index (χ3v) is 3.76. The van der Waals surface area contributed by atoms with Gasteiger partial charge in [0.05, 0.1) is 0 Å². The van der Waals surface area contributed by atoms with Gasteiger partial charge in [0.15, 0.2) is 0 Å². The van der Waals surface area contributed by atoms with Crippen LogP contribution in [0.15, 0.2) is 12.1 Å². The smallest absolute Gasteiger partial charge is 0.223 e. The molecule has 0 fully saturated rings. The number of aryl methyl sites for hydroxylation is 1. The number of hydrogen-bond donors (Lipinski definition) is 2. The Morgan fingerprint density at radius 2 is 2.18 bits per heavy atom. The fourth-order valence-corrected chi connectivity index (χ4v) is 2.73. The van der Waals surface area contributed by atoms with Crippen LogP contribution in [0.2, 0.25) is 0 Å². The number of hydrogen-bond acceptors (Lipinski definition) is 3. The first-order chi connectivity index (χ1) is 8.02. The number of rotatable bonds is 6. The normalized spacial score (nSPS) is 14.4. The van der Waals surface area contributed by atoms with E-state index in [9.17, 15) is 4.79 Å². The first-order valence-electron chi connectivity index (χ1n) is 6.08. The van der Waals surface area contributed by atoms with Crippen LogP contribution in [-0.4, -0.2) is 18.5 Å². The molecule has 3 nitrogen and oxygen atoms in total. The molecule has 1 aromatic rings. The van der Waals surface area contributed by atoms with Crippen LogP contribution in [0.1, 0.15) is 30.0 Å². The summed E-state index contributed by atoms with van der Waals surface area (Å²) in [5, 5.41) is 3.03. The number of nitrogens with one attached hydrogen (secondary N) is 1. The summed E-state index contributed by atoms with van der Waals surface area (Å²) in [7, 11) is 0. The lowest BCUT2D eigenvalue weighted by molar-refractivity contribution is -0.125. The molecule has 0 aliphatic heterocycles. The topological polar surface area (TPSA) is 55.1 Å². The maximum atomic E-state index is 11.8. The largest absolute Gasteiger partial charge is 0.353 e. The van der Waals surface area contributed by atoms with Gasteiger partial charge in [0.25, 0.3) is 0 Å². The van der Waals surface area contributed by atoms with Crippen LogP contribution in [0.4, 0.5) is 0 Å².